The van der Waals surface area contributed by atoms with Crippen molar-refractivity contribution in [3.8, 4) is 29.6 Å². The number of primary amides is 1. The average Bonchev–Trinajstić information content (AvgIpc) is 2.60. The maximum Gasteiger partial charge on any atom is 0.406 e. The Kier molecular flexibility index (Phi) is 7.78. The molecular formula is C17H19F3N2O5. The summed E-state index contributed by atoms with van der Waals surface area (Å²) in [6.45, 7) is -2.22. The molecule has 0 spiro atoms. The second kappa shape index (κ2) is 9.56. The third-order valence-electron chi connectivity index (χ3n) is 3.25. The van der Waals surface area contributed by atoms with Crippen LogP contribution in [0.25, 0.3) is 0 Å². The molecule has 0 aliphatic heterocycles. The monoisotopic (exact) mass is 388 g/mol. The van der Waals surface area contributed by atoms with E-state index < -0.39 is 31.1 Å². The molecule has 27 heavy (non-hydrogen) atoms. The highest BCUT2D eigenvalue weighted by Gasteiger charge is 2.33. The molecule has 0 aliphatic rings. The molecule has 0 unspecified atom stereocenters. The molecule has 2 amide bonds. The number of hydrogen-bond acceptors (Lipinski definition) is 5. The molecule has 0 heterocycles. The van der Waals surface area contributed by atoms with Crippen molar-refractivity contribution in [1.82, 2.24) is 4.90 Å². The number of rotatable bonds is 9. The van der Waals surface area contributed by atoms with Crippen molar-refractivity contribution in [2.45, 2.75) is 12.6 Å². The summed E-state index contributed by atoms with van der Waals surface area (Å²) >= 11 is 0. The molecule has 1 aromatic carbocycles. The fourth-order valence-electron chi connectivity index (χ4n) is 2.14. The lowest BCUT2D eigenvalue weighted by Crippen LogP contribution is -2.39. The molecule has 1 aromatic rings. The summed E-state index contributed by atoms with van der Waals surface area (Å²) in [6.07, 6.45) is 0.445. The van der Waals surface area contributed by atoms with E-state index in [0.717, 1.165) is 0 Å². The summed E-state index contributed by atoms with van der Waals surface area (Å²) in [4.78, 5) is 24.1. The maximum absolute atomic E-state index is 12.8. The number of hydrogen-bond donors (Lipinski definition) is 1. The Morgan fingerprint density at radius 1 is 1.22 bits per heavy atom. The molecule has 0 saturated carbocycles. The van der Waals surface area contributed by atoms with Crippen molar-refractivity contribution in [1.29, 1.82) is 0 Å². The SMILES string of the molecule is C#CCCN(CC(F)(F)F)C(=O)c1cc(OC)c(OCC(N)=O)c(OC)c1. The van der Waals surface area contributed by atoms with E-state index in [4.69, 9.17) is 26.4 Å². The molecule has 10 heteroatoms. The topological polar surface area (TPSA) is 91.1 Å². The lowest BCUT2D eigenvalue weighted by atomic mass is 10.1. The molecule has 0 atom stereocenters. The zero-order chi connectivity index (χ0) is 20.6. The van der Waals surface area contributed by atoms with E-state index in [-0.39, 0.29) is 35.8 Å². The highest BCUT2D eigenvalue weighted by Crippen LogP contribution is 2.39. The summed E-state index contributed by atoms with van der Waals surface area (Å²) in [5, 5.41) is 0. The number of amides is 2. The number of terminal acetylenes is 1. The van der Waals surface area contributed by atoms with Gasteiger partial charge in [-0.25, -0.2) is 0 Å². The van der Waals surface area contributed by atoms with Crippen molar-refractivity contribution in [2.24, 2.45) is 5.73 Å². The standard InChI is InChI=1S/C17H19F3N2O5/c1-4-5-6-22(10-17(18,19)20)16(24)11-7-12(25-2)15(13(8-11)26-3)27-9-14(21)23/h1,7-8H,5-6,9-10H2,2-3H3,(H2,21,23). The lowest BCUT2D eigenvalue weighted by molar-refractivity contribution is -0.140. The first-order chi connectivity index (χ1) is 12.6. The summed E-state index contributed by atoms with van der Waals surface area (Å²) < 4.78 is 53.7. The van der Waals surface area contributed by atoms with Gasteiger partial charge in [-0.1, -0.05) is 0 Å². The zero-order valence-corrected chi connectivity index (χ0v) is 14.8. The van der Waals surface area contributed by atoms with E-state index >= 15 is 0 Å². The molecule has 0 fully saturated rings. The van der Waals surface area contributed by atoms with Gasteiger partial charge in [-0.3, -0.25) is 9.59 Å². The predicted octanol–water partition coefficient (Wildman–Crippen LogP) is 1.60. The number of carbonyl (C=O) groups excluding carboxylic acids is 2. The first kappa shape index (κ1) is 22.0. The van der Waals surface area contributed by atoms with Crippen LogP contribution in [0.4, 0.5) is 13.2 Å². The van der Waals surface area contributed by atoms with Crippen LogP contribution >= 0.6 is 0 Å². The number of halogens is 3. The van der Waals surface area contributed by atoms with Gasteiger partial charge in [-0.15, -0.1) is 12.3 Å². The van der Waals surface area contributed by atoms with Crippen LogP contribution in [0, 0.1) is 12.3 Å². The second-order valence-corrected chi connectivity index (χ2v) is 5.26. The quantitative estimate of drug-likeness (QED) is 0.649. The number of carbonyl (C=O) groups is 2. The van der Waals surface area contributed by atoms with Gasteiger partial charge in [0.2, 0.25) is 5.75 Å². The molecule has 0 bridgehead atoms. The Hall–Kier alpha value is -3.09. The van der Waals surface area contributed by atoms with Crippen LogP contribution in [0.2, 0.25) is 0 Å². The molecule has 0 aliphatic carbocycles. The Morgan fingerprint density at radius 3 is 2.19 bits per heavy atom. The zero-order valence-electron chi connectivity index (χ0n) is 14.8. The van der Waals surface area contributed by atoms with Gasteiger partial charge in [-0.2, -0.15) is 13.2 Å². The molecule has 0 aromatic heterocycles. The minimum atomic E-state index is -4.59. The minimum absolute atomic E-state index is 0.0112. The Labute approximate surface area is 154 Å². The van der Waals surface area contributed by atoms with Crippen molar-refractivity contribution in [3.05, 3.63) is 17.7 Å². The van der Waals surface area contributed by atoms with Gasteiger partial charge in [-0.05, 0) is 12.1 Å². The molecule has 2 N–H and O–H groups in total. The van der Waals surface area contributed by atoms with Crippen molar-refractivity contribution >= 4 is 11.8 Å². The normalized spacial score (nSPS) is 10.7. The van der Waals surface area contributed by atoms with E-state index in [0.29, 0.717) is 4.90 Å². The molecule has 7 nitrogen and oxygen atoms in total. The Balaban J connectivity index is 3.27. The molecular weight excluding hydrogens is 369 g/mol. The maximum atomic E-state index is 12.8. The van der Waals surface area contributed by atoms with Crippen molar-refractivity contribution in [2.75, 3.05) is 33.9 Å². The smallest absolute Gasteiger partial charge is 0.406 e. The third-order valence-corrected chi connectivity index (χ3v) is 3.25. The fourth-order valence-corrected chi connectivity index (χ4v) is 2.14. The molecule has 0 radical (unpaired) electrons. The van der Waals surface area contributed by atoms with E-state index in [2.05, 4.69) is 5.92 Å². The number of methoxy groups -OCH3 is 2. The highest BCUT2D eigenvalue weighted by molar-refractivity contribution is 5.95. The average molecular weight is 388 g/mol. The summed E-state index contributed by atoms with van der Waals surface area (Å²) in [5.41, 5.74) is 4.89. The number of benzene rings is 1. The number of alkyl halides is 3. The van der Waals surface area contributed by atoms with E-state index in [1.807, 2.05) is 0 Å². The Bertz CT molecular complexity index is 703. The largest absolute Gasteiger partial charge is 0.493 e. The second-order valence-electron chi connectivity index (χ2n) is 5.26. The van der Waals surface area contributed by atoms with Crippen LogP contribution in [-0.4, -0.2) is 56.8 Å². The van der Waals surface area contributed by atoms with Crippen LogP contribution in [0.15, 0.2) is 12.1 Å². The van der Waals surface area contributed by atoms with E-state index in [1.54, 1.807) is 0 Å². The molecule has 0 saturated heterocycles. The summed E-state index contributed by atoms with van der Waals surface area (Å²) in [6, 6.07) is 2.36. The van der Waals surface area contributed by atoms with Gasteiger partial charge < -0.3 is 24.8 Å². The molecule has 148 valence electrons. The van der Waals surface area contributed by atoms with E-state index in [9.17, 15) is 22.8 Å². The highest BCUT2D eigenvalue weighted by atomic mass is 19.4. The third kappa shape index (κ3) is 6.62. The number of ether oxygens (including phenoxy) is 3. The van der Waals surface area contributed by atoms with Gasteiger partial charge in [0.25, 0.3) is 11.8 Å². The van der Waals surface area contributed by atoms with E-state index in [1.165, 1.54) is 26.4 Å². The van der Waals surface area contributed by atoms with Crippen molar-refractivity contribution in [3.63, 3.8) is 0 Å². The summed E-state index contributed by atoms with van der Waals surface area (Å²) in [7, 11) is 2.51. The summed E-state index contributed by atoms with van der Waals surface area (Å²) in [5.74, 6) is 0.487. The Morgan fingerprint density at radius 2 is 1.78 bits per heavy atom. The predicted molar refractivity (Wildman–Crippen MR) is 89.6 cm³/mol. The van der Waals surface area contributed by atoms with Gasteiger partial charge >= 0.3 is 6.18 Å². The fraction of sp³-hybridized carbons (Fsp3) is 0.412. The van der Waals surface area contributed by atoms with Gasteiger partial charge in [0.15, 0.2) is 18.1 Å². The van der Waals surface area contributed by atoms with Crippen molar-refractivity contribution < 1.29 is 37.0 Å². The van der Waals surface area contributed by atoms with Gasteiger partial charge in [0, 0.05) is 18.5 Å². The number of nitrogens with zero attached hydrogens (tertiary/aromatic N) is 1. The van der Waals surface area contributed by atoms with Crippen LogP contribution in [-0.2, 0) is 4.79 Å². The molecule has 1 rings (SSSR count). The van der Waals surface area contributed by atoms with Crippen LogP contribution in [0.5, 0.6) is 17.2 Å². The van der Waals surface area contributed by atoms with Gasteiger partial charge in [0.1, 0.15) is 6.54 Å². The first-order valence-corrected chi connectivity index (χ1v) is 7.59. The van der Waals surface area contributed by atoms with Crippen LogP contribution < -0.4 is 19.9 Å². The first-order valence-electron chi connectivity index (χ1n) is 7.59. The van der Waals surface area contributed by atoms with Crippen LogP contribution in [0.1, 0.15) is 16.8 Å². The lowest BCUT2D eigenvalue weighted by Gasteiger charge is -2.24. The van der Waals surface area contributed by atoms with Gasteiger partial charge in [0.05, 0.1) is 14.2 Å². The van der Waals surface area contributed by atoms with Crippen LogP contribution in [0.3, 0.4) is 0 Å². The minimum Gasteiger partial charge on any atom is -0.493 e. The number of nitrogens with two attached hydrogens (primary N) is 1.